The van der Waals surface area contributed by atoms with Crippen molar-refractivity contribution < 1.29 is 8.92 Å². The number of rotatable bonds is 6. The molecule has 0 aromatic carbocycles. The van der Waals surface area contributed by atoms with E-state index in [2.05, 4.69) is 20.9 Å². The van der Waals surface area contributed by atoms with Gasteiger partial charge in [0.25, 0.3) is 0 Å². The summed E-state index contributed by atoms with van der Waals surface area (Å²) in [7, 11) is 3.57. The maximum absolute atomic E-state index is 5.30. The number of hydrogen-bond donors (Lipinski definition) is 0. The molecule has 84 valence electrons. The molecule has 15 heavy (non-hydrogen) atoms. The summed E-state index contributed by atoms with van der Waals surface area (Å²) in [4.78, 5) is 4.07. The van der Waals surface area contributed by atoms with Gasteiger partial charge in [-0.05, 0) is 22.0 Å². The van der Waals surface area contributed by atoms with E-state index in [0.717, 1.165) is 10.2 Å². The van der Waals surface area contributed by atoms with E-state index in [0.29, 0.717) is 13.2 Å². The largest absolute Gasteiger partial charge is 0.382 e. The Balaban J connectivity index is 2.36. The minimum atomic E-state index is 0.562. The quantitative estimate of drug-likeness (QED) is 0.457. The average Bonchev–Trinajstić information content (AvgIpc) is 2.24. The zero-order valence-corrected chi connectivity index (χ0v) is 11.0. The van der Waals surface area contributed by atoms with Crippen molar-refractivity contribution in [3.8, 4) is 0 Å². The van der Waals surface area contributed by atoms with E-state index in [-0.39, 0.29) is 0 Å². The van der Waals surface area contributed by atoms with Crippen LogP contribution in [-0.4, -0.2) is 32.4 Å². The number of anilines is 1. The van der Waals surface area contributed by atoms with Crippen LogP contribution in [0.2, 0.25) is 0 Å². The molecule has 0 saturated carbocycles. The lowest BCUT2D eigenvalue weighted by atomic mass is 10.4. The molecule has 0 radical (unpaired) electrons. The number of hydrogen-bond acceptors (Lipinski definition) is 5. The van der Waals surface area contributed by atoms with Gasteiger partial charge in [-0.25, -0.2) is 0 Å². The second-order valence-corrected chi connectivity index (χ2v) is 4.60. The first kappa shape index (κ1) is 12.8. The summed E-state index contributed by atoms with van der Waals surface area (Å²) in [6, 6.07) is 1.97. The molecule has 1 rings (SSSR count). The first-order valence-electron chi connectivity index (χ1n) is 4.37. The van der Waals surface area contributed by atoms with Crippen molar-refractivity contribution in [2.45, 2.75) is 0 Å². The standard InChI is InChI=1S/C9H13BrN2O2S/c1-12(15-14-4-3-13-2)9-5-8(10)6-11-7-9/h5-7H,3-4H2,1-2H3. The SMILES string of the molecule is COCCOSN(C)c1cncc(Br)c1. The molecule has 0 N–H and O–H groups in total. The van der Waals surface area contributed by atoms with E-state index in [1.807, 2.05) is 17.4 Å². The predicted octanol–water partition coefficient (Wildman–Crippen LogP) is 2.51. The Morgan fingerprint density at radius 3 is 2.93 bits per heavy atom. The van der Waals surface area contributed by atoms with E-state index in [4.69, 9.17) is 8.92 Å². The smallest absolute Gasteiger partial charge is 0.114 e. The van der Waals surface area contributed by atoms with Gasteiger partial charge in [-0.15, -0.1) is 0 Å². The summed E-state index contributed by atoms with van der Waals surface area (Å²) in [6.07, 6.45) is 3.52. The number of ether oxygens (including phenoxy) is 1. The Labute approximate surface area is 102 Å². The molecule has 0 aliphatic rings. The zero-order chi connectivity index (χ0) is 11.1. The number of methoxy groups -OCH3 is 1. The summed E-state index contributed by atoms with van der Waals surface area (Å²) in [5.74, 6) is 0. The normalized spacial score (nSPS) is 10.3. The van der Waals surface area contributed by atoms with Crippen LogP contribution in [0.4, 0.5) is 5.69 Å². The molecule has 1 heterocycles. The molecule has 0 atom stereocenters. The van der Waals surface area contributed by atoms with Crippen LogP contribution in [0.15, 0.2) is 22.9 Å². The Morgan fingerprint density at radius 1 is 1.47 bits per heavy atom. The van der Waals surface area contributed by atoms with Crippen LogP contribution < -0.4 is 4.31 Å². The van der Waals surface area contributed by atoms with E-state index < -0.39 is 0 Å². The van der Waals surface area contributed by atoms with Gasteiger partial charge >= 0.3 is 0 Å². The molecule has 0 bridgehead atoms. The first-order chi connectivity index (χ1) is 7.24. The van der Waals surface area contributed by atoms with Crippen LogP contribution in [0, 0.1) is 0 Å². The van der Waals surface area contributed by atoms with Crippen LogP contribution in [-0.2, 0) is 8.92 Å². The second kappa shape index (κ2) is 7.05. The van der Waals surface area contributed by atoms with Crippen LogP contribution in [0.5, 0.6) is 0 Å². The molecular weight excluding hydrogens is 280 g/mol. The van der Waals surface area contributed by atoms with Gasteiger partial charge in [-0.1, -0.05) is 0 Å². The van der Waals surface area contributed by atoms with E-state index in [9.17, 15) is 0 Å². The molecule has 0 aliphatic heterocycles. The summed E-state index contributed by atoms with van der Waals surface area (Å²) in [6.45, 7) is 1.16. The fourth-order valence-corrected chi connectivity index (χ4v) is 1.69. The van der Waals surface area contributed by atoms with Crippen LogP contribution in [0.1, 0.15) is 0 Å². The molecule has 4 nitrogen and oxygen atoms in total. The average molecular weight is 293 g/mol. The van der Waals surface area contributed by atoms with Gasteiger partial charge in [0.05, 0.1) is 25.1 Å². The zero-order valence-electron chi connectivity index (χ0n) is 8.64. The van der Waals surface area contributed by atoms with Crippen molar-refractivity contribution >= 4 is 33.8 Å². The molecule has 1 aromatic heterocycles. The summed E-state index contributed by atoms with van der Waals surface area (Å²) < 4.78 is 13.0. The van der Waals surface area contributed by atoms with Crippen molar-refractivity contribution in [1.82, 2.24) is 4.98 Å². The molecule has 6 heteroatoms. The fraction of sp³-hybridized carbons (Fsp3) is 0.444. The molecule has 0 amide bonds. The number of nitrogens with zero attached hydrogens (tertiary/aromatic N) is 2. The Morgan fingerprint density at radius 2 is 2.27 bits per heavy atom. The highest BCUT2D eigenvalue weighted by Gasteiger charge is 2.03. The van der Waals surface area contributed by atoms with Crippen LogP contribution >= 0.6 is 28.2 Å². The minimum Gasteiger partial charge on any atom is -0.382 e. The third-order valence-electron chi connectivity index (χ3n) is 1.59. The summed E-state index contributed by atoms with van der Waals surface area (Å²) in [5.41, 5.74) is 0.979. The molecular formula is C9H13BrN2O2S. The topological polar surface area (TPSA) is 34.6 Å². The lowest BCUT2D eigenvalue weighted by Gasteiger charge is -2.16. The molecule has 0 saturated heterocycles. The monoisotopic (exact) mass is 292 g/mol. The van der Waals surface area contributed by atoms with Gasteiger partial charge < -0.3 is 4.74 Å². The Hall–Kier alpha value is -0.300. The van der Waals surface area contributed by atoms with Gasteiger partial charge in [0.1, 0.15) is 12.2 Å². The maximum atomic E-state index is 5.30. The number of aromatic nitrogens is 1. The van der Waals surface area contributed by atoms with Crippen molar-refractivity contribution in [1.29, 1.82) is 0 Å². The lowest BCUT2D eigenvalue weighted by molar-refractivity contribution is 0.157. The molecule has 0 spiro atoms. The van der Waals surface area contributed by atoms with Gasteiger partial charge in [0, 0.05) is 24.8 Å². The second-order valence-electron chi connectivity index (χ2n) is 2.75. The van der Waals surface area contributed by atoms with Gasteiger partial charge in [0.2, 0.25) is 0 Å². The van der Waals surface area contributed by atoms with Gasteiger partial charge in [-0.3, -0.25) is 13.5 Å². The molecule has 1 aromatic rings. The van der Waals surface area contributed by atoms with E-state index in [1.165, 1.54) is 12.2 Å². The van der Waals surface area contributed by atoms with Gasteiger partial charge in [-0.2, -0.15) is 0 Å². The lowest BCUT2D eigenvalue weighted by Crippen LogP contribution is -2.09. The van der Waals surface area contributed by atoms with Crippen LogP contribution in [0.3, 0.4) is 0 Å². The summed E-state index contributed by atoms with van der Waals surface area (Å²) in [5, 5.41) is 0. The Kier molecular flexibility index (Phi) is 6.00. The summed E-state index contributed by atoms with van der Waals surface area (Å²) >= 11 is 4.63. The van der Waals surface area contributed by atoms with Crippen molar-refractivity contribution in [3.05, 3.63) is 22.9 Å². The van der Waals surface area contributed by atoms with Crippen molar-refractivity contribution in [3.63, 3.8) is 0 Å². The maximum Gasteiger partial charge on any atom is 0.114 e. The fourth-order valence-electron chi connectivity index (χ4n) is 0.850. The van der Waals surface area contributed by atoms with Crippen molar-refractivity contribution in [2.75, 3.05) is 31.7 Å². The third kappa shape index (κ3) is 4.83. The molecule has 0 aliphatic carbocycles. The number of halogens is 1. The third-order valence-corrected chi connectivity index (χ3v) is 2.73. The minimum absolute atomic E-state index is 0.562. The van der Waals surface area contributed by atoms with E-state index in [1.54, 1.807) is 19.5 Å². The highest BCUT2D eigenvalue weighted by Crippen LogP contribution is 2.22. The first-order valence-corrected chi connectivity index (χ1v) is 5.86. The van der Waals surface area contributed by atoms with Crippen LogP contribution in [0.25, 0.3) is 0 Å². The predicted molar refractivity (Wildman–Crippen MR) is 65.8 cm³/mol. The van der Waals surface area contributed by atoms with Gasteiger partial charge in [0.15, 0.2) is 0 Å². The highest BCUT2D eigenvalue weighted by molar-refractivity contribution is 9.10. The van der Waals surface area contributed by atoms with Crippen molar-refractivity contribution in [2.24, 2.45) is 0 Å². The van der Waals surface area contributed by atoms with E-state index >= 15 is 0 Å². The molecule has 0 fully saturated rings. The molecule has 0 unspecified atom stereocenters. The highest BCUT2D eigenvalue weighted by atomic mass is 79.9. The Bertz CT molecular complexity index is 301. The number of pyridine rings is 1.